The molecular weight excluding hydrogens is 362 g/mol. The molecule has 0 radical (unpaired) electrons. The number of nitrogens with zero attached hydrogens (tertiary/aromatic N) is 1. The lowest BCUT2D eigenvalue weighted by atomic mass is 10.0. The molecule has 3 rings (SSSR count). The van der Waals surface area contributed by atoms with Crippen LogP contribution in [0.3, 0.4) is 0 Å². The van der Waals surface area contributed by atoms with E-state index in [1.165, 1.54) is 6.07 Å². The van der Waals surface area contributed by atoms with Crippen molar-refractivity contribution in [1.82, 2.24) is 10.2 Å². The lowest BCUT2D eigenvalue weighted by Crippen LogP contribution is -2.43. The molecule has 0 bridgehead atoms. The summed E-state index contributed by atoms with van der Waals surface area (Å²) in [5, 5.41) is 3.02. The van der Waals surface area contributed by atoms with Gasteiger partial charge in [0.2, 0.25) is 0 Å². The van der Waals surface area contributed by atoms with Crippen molar-refractivity contribution in [2.24, 2.45) is 0 Å². The Bertz CT molecular complexity index is 905. The summed E-state index contributed by atoms with van der Waals surface area (Å²) >= 11 is 0. The number of hydrogen-bond acceptors (Lipinski definition) is 4. The highest BCUT2D eigenvalue weighted by Gasteiger charge is 2.22. The normalized spacial score (nSPS) is 16.1. The van der Waals surface area contributed by atoms with E-state index in [4.69, 9.17) is 0 Å². The van der Waals surface area contributed by atoms with Crippen molar-refractivity contribution in [1.29, 1.82) is 0 Å². The second-order valence-electron chi connectivity index (χ2n) is 7.00. The van der Waals surface area contributed by atoms with Gasteiger partial charge in [0, 0.05) is 17.3 Å². The van der Waals surface area contributed by atoms with Crippen LogP contribution in [-0.4, -0.2) is 45.4 Å². The molecule has 1 aliphatic heterocycles. The fraction of sp³-hybridized carbons (Fsp3) is 0.350. The van der Waals surface area contributed by atoms with E-state index in [1.54, 1.807) is 43.3 Å². The number of aryl methyl sites for hydroxylation is 1. The Balaban J connectivity index is 1.78. The maximum atomic E-state index is 12.8. The molecule has 1 aliphatic rings. The number of benzene rings is 2. The Labute approximate surface area is 160 Å². The monoisotopic (exact) mass is 387 g/mol. The van der Waals surface area contributed by atoms with Gasteiger partial charge < -0.3 is 10.2 Å². The third kappa shape index (κ3) is 4.87. The van der Waals surface area contributed by atoms with E-state index in [0.29, 0.717) is 16.8 Å². The zero-order chi connectivity index (χ0) is 19.4. The van der Waals surface area contributed by atoms with Crippen LogP contribution in [0.25, 0.3) is 0 Å². The Morgan fingerprint density at radius 2 is 1.74 bits per heavy atom. The molecule has 0 aromatic heterocycles. The Morgan fingerprint density at radius 3 is 2.41 bits per heavy atom. The Kier molecular flexibility index (Phi) is 5.82. The van der Waals surface area contributed by atoms with Gasteiger partial charge in [-0.2, -0.15) is 0 Å². The summed E-state index contributed by atoms with van der Waals surface area (Å²) in [6, 6.07) is 13.6. The first-order valence-electron chi connectivity index (χ1n) is 9.03. The molecule has 2 N–H and O–H groups in total. The summed E-state index contributed by atoms with van der Waals surface area (Å²) < 4.78 is 28.1. The van der Waals surface area contributed by atoms with Crippen molar-refractivity contribution in [3.8, 4) is 0 Å². The number of sulfonamides is 1. The largest absolute Gasteiger partial charge is 0.349 e. The van der Waals surface area contributed by atoms with Gasteiger partial charge in [-0.25, -0.2) is 8.42 Å². The van der Waals surface area contributed by atoms with Crippen molar-refractivity contribution >= 4 is 21.6 Å². The molecule has 1 fully saturated rings. The number of rotatable bonds is 5. The lowest BCUT2D eigenvalue weighted by molar-refractivity contribution is 0.0916. The predicted molar refractivity (Wildman–Crippen MR) is 106 cm³/mol. The van der Waals surface area contributed by atoms with E-state index in [9.17, 15) is 13.2 Å². The average molecular weight is 388 g/mol. The van der Waals surface area contributed by atoms with Crippen molar-refractivity contribution < 1.29 is 13.2 Å². The minimum Gasteiger partial charge on any atom is -0.349 e. The summed E-state index contributed by atoms with van der Waals surface area (Å²) in [5.41, 5.74) is 1.43. The molecule has 0 unspecified atom stereocenters. The SMILES string of the molecule is Cc1ccc(C(=O)NC2CCN(C)CC2)cc1S(=O)(=O)Nc1ccccc1. The molecule has 0 atom stereocenters. The number of para-hydroxylation sites is 1. The van der Waals surface area contributed by atoms with Gasteiger partial charge in [0.05, 0.1) is 4.90 Å². The molecule has 0 spiro atoms. The van der Waals surface area contributed by atoms with E-state index < -0.39 is 10.0 Å². The van der Waals surface area contributed by atoms with Gasteiger partial charge in [-0.1, -0.05) is 24.3 Å². The standard InChI is InChI=1S/C20H25N3O3S/c1-15-8-9-16(20(24)21-17-10-12-23(2)13-11-17)14-19(15)27(25,26)22-18-6-4-3-5-7-18/h3-9,14,17,22H,10-13H2,1-2H3,(H,21,24). The number of amides is 1. The second-order valence-corrected chi connectivity index (χ2v) is 8.65. The van der Waals surface area contributed by atoms with Gasteiger partial charge in [-0.3, -0.25) is 9.52 Å². The highest BCUT2D eigenvalue weighted by molar-refractivity contribution is 7.92. The highest BCUT2D eigenvalue weighted by atomic mass is 32.2. The Hall–Kier alpha value is -2.38. The number of anilines is 1. The molecule has 7 heteroatoms. The first-order valence-corrected chi connectivity index (χ1v) is 10.5. The van der Waals surface area contributed by atoms with Gasteiger partial charge in [-0.15, -0.1) is 0 Å². The number of piperidine rings is 1. The summed E-state index contributed by atoms with van der Waals surface area (Å²) in [7, 11) is -1.71. The minimum atomic E-state index is -3.78. The fourth-order valence-electron chi connectivity index (χ4n) is 3.17. The molecule has 2 aromatic rings. The van der Waals surface area contributed by atoms with E-state index in [0.717, 1.165) is 25.9 Å². The van der Waals surface area contributed by atoms with Crippen LogP contribution in [0.15, 0.2) is 53.4 Å². The van der Waals surface area contributed by atoms with Crippen molar-refractivity contribution in [2.75, 3.05) is 24.9 Å². The van der Waals surface area contributed by atoms with Gasteiger partial charge >= 0.3 is 0 Å². The van der Waals surface area contributed by atoms with E-state index in [1.807, 2.05) is 6.07 Å². The molecule has 144 valence electrons. The van der Waals surface area contributed by atoms with Crippen molar-refractivity contribution in [2.45, 2.75) is 30.7 Å². The van der Waals surface area contributed by atoms with Gasteiger partial charge in [0.25, 0.3) is 15.9 Å². The van der Waals surface area contributed by atoms with Crippen LogP contribution in [0.1, 0.15) is 28.8 Å². The average Bonchev–Trinajstić information content (AvgIpc) is 2.64. The van der Waals surface area contributed by atoms with Gasteiger partial charge in [-0.05, 0) is 69.7 Å². The predicted octanol–water partition coefficient (Wildman–Crippen LogP) is 2.62. The molecule has 0 aliphatic carbocycles. The molecule has 1 heterocycles. The molecule has 27 heavy (non-hydrogen) atoms. The van der Waals surface area contributed by atoms with Gasteiger partial charge in [0.15, 0.2) is 0 Å². The fourth-order valence-corrected chi connectivity index (χ4v) is 4.50. The third-order valence-electron chi connectivity index (χ3n) is 4.82. The van der Waals surface area contributed by atoms with E-state index in [-0.39, 0.29) is 16.8 Å². The second kappa shape index (κ2) is 8.10. The lowest BCUT2D eigenvalue weighted by Gasteiger charge is -2.29. The minimum absolute atomic E-state index is 0.113. The van der Waals surface area contributed by atoms with E-state index in [2.05, 4.69) is 22.0 Å². The number of carbonyl (C=O) groups excluding carboxylic acids is 1. The van der Waals surface area contributed by atoms with Crippen molar-refractivity contribution in [3.63, 3.8) is 0 Å². The van der Waals surface area contributed by atoms with Crippen LogP contribution >= 0.6 is 0 Å². The maximum Gasteiger partial charge on any atom is 0.262 e. The zero-order valence-electron chi connectivity index (χ0n) is 15.6. The van der Waals surface area contributed by atoms with Crippen LogP contribution in [0.2, 0.25) is 0 Å². The number of likely N-dealkylation sites (tertiary alicyclic amines) is 1. The molecular formula is C20H25N3O3S. The van der Waals surface area contributed by atoms with Crippen LogP contribution in [0.5, 0.6) is 0 Å². The first-order chi connectivity index (χ1) is 12.8. The maximum absolute atomic E-state index is 12.8. The molecule has 6 nitrogen and oxygen atoms in total. The number of nitrogens with one attached hydrogen (secondary N) is 2. The van der Waals surface area contributed by atoms with Crippen LogP contribution in [0.4, 0.5) is 5.69 Å². The van der Waals surface area contributed by atoms with Crippen LogP contribution in [0, 0.1) is 6.92 Å². The summed E-state index contributed by atoms with van der Waals surface area (Å²) in [6.45, 7) is 3.61. The summed E-state index contributed by atoms with van der Waals surface area (Å²) in [5.74, 6) is -0.235. The molecule has 1 saturated heterocycles. The molecule has 2 aromatic carbocycles. The topological polar surface area (TPSA) is 78.5 Å². The molecule has 1 amide bonds. The van der Waals surface area contributed by atoms with E-state index >= 15 is 0 Å². The summed E-state index contributed by atoms with van der Waals surface area (Å²) in [4.78, 5) is 14.9. The van der Waals surface area contributed by atoms with Crippen LogP contribution < -0.4 is 10.0 Å². The van der Waals surface area contributed by atoms with Gasteiger partial charge in [0.1, 0.15) is 0 Å². The third-order valence-corrected chi connectivity index (χ3v) is 6.34. The van der Waals surface area contributed by atoms with Crippen molar-refractivity contribution in [3.05, 3.63) is 59.7 Å². The Morgan fingerprint density at radius 1 is 1.07 bits per heavy atom. The smallest absolute Gasteiger partial charge is 0.262 e. The first kappa shape index (κ1) is 19.4. The summed E-state index contributed by atoms with van der Waals surface area (Å²) in [6.07, 6.45) is 1.80. The number of hydrogen-bond donors (Lipinski definition) is 2. The molecule has 0 saturated carbocycles. The quantitative estimate of drug-likeness (QED) is 0.827. The highest BCUT2D eigenvalue weighted by Crippen LogP contribution is 2.21. The number of carbonyl (C=O) groups is 1. The van der Waals surface area contributed by atoms with Crippen LogP contribution in [-0.2, 0) is 10.0 Å². The zero-order valence-corrected chi connectivity index (χ0v) is 16.4.